The number of ether oxygens (including phenoxy) is 1. The van der Waals surface area contributed by atoms with Crippen LogP contribution in [0.2, 0.25) is 5.02 Å². The Labute approximate surface area is 183 Å². The van der Waals surface area contributed by atoms with Crippen LogP contribution in [0.15, 0.2) is 22.2 Å². The third kappa shape index (κ3) is 6.22. The Hall–Kier alpha value is -2.55. The average molecular weight is 460 g/mol. The minimum Gasteiger partial charge on any atom is -0.470 e. The number of rotatable bonds is 8. The van der Waals surface area contributed by atoms with Crippen LogP contribution in [0.3, 0.4) is 0 Å². The van der Waals surface area contributed by atoms with Crippen molar-refractivity contribution in [1.82, 2.24) is 9.97 Å². The molecule has 0 aliphatic rings. The molecule has 0 aromatic carbocycles. The lowest BCUT2D eigenvalue weighted by Gasteiger charge is -2.20. The van der Waals surface area contributed by atoms with Crippen LogP contribution < -0.4 is 10.2 Å². The molecule has 0 fully saturated rings. The van der Waals surface area contributed by atoms with Crippen LogP contribution in [0.4, 0.5) is 13.2 Å². The summed E-state index contributed by atoms with van der Waals surface area (Å²) in [5.74, 6) is -0.129. The molecule has 31 heavy (non-hydrogen) atoms. The first-order valence-corrected chi connectivity index (χ1v) is 10.1. The normalized spacial score (nSPS) is 14.0. The number of aromatic nitrogens is 2. The molecule has 6 nitrogen and oxygen atoms in total. The maximum absolute atomic E-state index is 12.7. The number of nitrogens with zero attached hydrogens (tertiary/aromatic N) is 2. The van der Waals surface area contributed by atoms with E-state index in [1.807, 2.05) is 13.8 Å². The largest absolute Gasteiger partial charge is 0.470 e. The second-order valence-corrected chi connectivity index (χ2v) is 7.56. The van der Waals surface area contributed by atoms with E-state index in [-0.39, 0.29) is 16.3 Å². The number of alkyl halides is 3. The van der Waals surface area contributed by atoms with Gasteiger partial charge in [0.25, 0.3) is 0 Å². The first-order valence-electron chi connectivity index (χ1n) is 9.73. The van der Waals surface area contributed by atoms with Gasteiger partial charge < -0.3 is 14.6 Å². The molecule has 170 valence electrons. The molecule has 0 radical (unpaired) electrons. The first kappa shape index (κ1) is 24.7. The molecule has 2 unspecified atom stereocenters. The predicted octanol–water partition coefficient (Wildman–Crippen LogP) is 5.02. The van der Waals surface area contributed by atoms with Gasteiger partial charge in [0.2, 0.25) is 5.88 Å². The van der Waals surface area contributed by atoms with Gasteiger partial charge in [-0.05, 0) is 40.2 Å². The summed E-state index contributed by atoms with van der Waals surface area (Å²) in [6.07, 6.45) is -2.57. The van der Waals surface area contributed by atoms with Gasteiger partial charge in [0, 0.05) is 41.3 Å². The number of oxime groups is 1. The molecule has 1 N–H and O–H groups in total. The highest BCUT2D eigenvalue weighted by Gasteiger charge is 2.32. The van der Waals surface area contributed by atoms with E-state index in [1.54, 1.807) is 20.8 Å². The molecule has 0 aliphatic heterocycles. The summed E-state index contributed by atoms with van der Waals surface area (Å²) in [6, 6.07) is 0.757. The van der Waals surface area contributed by atoms with Gasteiger partial charge in [-0.15, -0.1) is 0 Å². The summed E-state index contributed by atoms with van der Waals surface area (Å²) >= 11 is 5.86. The van der Waals surface area contributed by atoms with Gasteiger partial charge in [-0.1, -0.05) is 23.7 Å². The van der Waals surface area contributed by atoms with Gasteiger partial charge in [0.1, 0.15) is 11.1 Å². The van der Waals surface area contributed by atoms with Gasteiger partial charge >= 0.3 is 6.18 Å². The number of hydrogen-bond acceptors (Lipinski definition) is 5. The molecule has 0 saturated heterocycles. The molecule has 2 heterocycles. The van der Waals surface area contributed by atoms with Gasteiger partial charge in [-0.2, -0.15) is 13.2 Å². The van der Waals surface area contributed by atoms with Crippen LogP contribution in [0, 0.1) is 13.8 Å². The van der Waals surface area contributed by atoms with E-state index in [1.165, 1.54) is 6.21 Å². The fraction of sp³-hybridized carbons (Fsp3) is 0.476. The van der Waals surface area contributed by atoms with Crippen LogP contribution >= 0.6 is 11.6 Å². The number of H-pyrrole nitrogens is 1. The summed E-state index contributed by atoms with van der Waals surface area (Å²) in [5.41, 5.74) is 2.02. The van der Waals surface area contributed by atoms with Crippen molar-refractivity contribution in [3.05, 3.63) is 55.6 Å². The zero-order chi connectivity index (χ0) is 23.3. The number of hydrogen-bond donors (Lipinski definition) is 1. The topological polar surface area (TPSA) is 76.6 Å². The second kappa shape index (κ2) is 10.2. The van der Waals surface area contributed by atoms with Crippen LogP contribution in [-0.2, 0) is 23.9 Å². The zero-order valence-corrected chi connectivity index (χ0v) is 18.7. The van der Waals surface area contributed by atoms with Gasteiger partial charge in [-0.3, -0.25) is 4.79 Å². The number of pyridine rings is 2. The highest BCUT2D eigenvalue weighted by atomic mass is 35.5. The zero-order valence-electron chi connectivity index (χ0n) is 17.9. The summed E-state index contributed by atoms with van der Waals surface area (Å²) in [7, 11) is 0. The predicted molar refractivity (Wildman–Crippen MR) is 113 cm³/mol. The van der Waals surface area contributed by atoms with Crippen molar-refractivity contribution in [3.63, 3.8) is 0 Å². The van der Waals surface area contributed by atoms with E-state index in [0.29, 0.717) is 30.2 Å². The van der Waals surface area contributed by atoms with Gasteiger partial charge in [0.15, 0.2) is 11.5 Å². The Morgan fingerprint density at radius 3 is 2.55 bits per heavy atom. The monoisotopic (exact) mass is 459 g/mol. The van der Waals surface area contributed by atoms with Crippen molar-refractivity contribution in [2.45, 2.75) is 65.8 Å². The third-order valence-electron chi connectivity index (χ3n) is 4.92. The number of nitrogens with one attached hydrogen (secondary N) is 1. The summed E-state index contributed by atoms with van der Waals surface area (Å²) in [6.45, 7) is 8.92. The molecule has 2 aromatic heterocycles. The van der Waals surface area contributed by atoms with Crippen molar-refractivity contribution in [2.75, 3.05) is 0 Å². The SMILES string of the molecule is CCc1[nH]c(C)c(C)c(=O)c1CC=NOC(C)C(C)Oc1ncc(C(F)(F)F)cc1Cl. The maximum atomic E-state index is 12.7. The minimum absolute atomic E-state index is 0.0210. The van der Waals surface area contributed by atoms with Crippen molar-refractivity contribution in [3.8, 4) is 5.88 Å². The van der Waals surface area contributed by atoms with Crippen LogP contribution in [-0.4, -0.2) is 28.4 Å². The van der Waals surface area contributed by atoms with E-state index < -0.39 is 23.9 Å². The molecular formula is C21H25ClF3N3O3. The lowest BCUT2D eigenvalue weighted by molar-refractivity contribution is -0.137. The van der Waals surface area contributed by atoms with Crippen LogP contribution in [0.25, 0.3) is 0 Å². The Kier molecular flexibility index (Phi) is 8.11. The number of aromatic amines is 1. The lowest BCUT2D eigenvalue weighted by Crippen LogP contribution is -2.28. The molecule has 2 rings (SSSR count). The van der Waals surface area contributed by atoms with Crippen LogP contribution in [0.5, 0.6) is 5.88 Å². The lowest BCUT2D eigenvalue weighted by atomic mass is 10.0. The summed E-state index contributed by atoms with van der Waals surface area (Å²) in [4.78, 5) is 24.7. The molecular weight excluding hydrogens is 435 g/mol. The van der Waals surface area contributed by atoms with Crippen molar-refractivity contribution in [2.24, 2.45) is 5.16 Å². The molecule has 0 saturated carbocycles. The van der Waals surface area contributed by atoms with E-state index in [4.69, 9.17) is 21.2 Å². The van der Waals surface area contributed by atoms with E-state index in [9.17, 15) is 18.0 Å². The smallest absolute Gasteiger partial charge is 0.417 e. The Morgan fingerprint density at radius 2 is 1.97 bits per heavy atom. The molecule has 10 heteroatoms. The quantitative estimate of drug-likeness (QED) is 0.444. The maximum Gasteiger partial charge on any atom is 0.417 e. The highest BCUT2D eigenvalue weighted by Crippen LogP contribution is 2.33. The highest BCUT2D eigenvalue weighted by molar-refractivity contribution is 6.31. The number of aryl methyl sites for hydroxylation is 2. The summed E-state index contributed by atoms with van der Waals surface area (Å²) in [5, 5.41) is 3.66. The van der Waals surface area contributed by atoms with Crippen molar-refractivity contribution >= 4 is 17.8 Å². The van der Waals surface area contributed by atoms with Crippen LogP contribution in [0.1, 0.15) is 48.8 Å². The molecule has 2 atom stereocenters. The average Bonchev–Trinajstić information content (AvgIpc) is 2.70. The molecule has 0 amide bonds. The Bertz CT molecular complexity index is 1010. The van der Waals surface area contributed by atoms with E-state index in [2.05, 4.69) is 15.1 Å². The van der Waals surface area contributed by atoms with Crippen molar-refractivity contribution < 1.29 is 22.7 Å². The Balaban J connectivity index is 1.99. The molecule has 0 spiro atoms. The fourth-order valence-corrected chi connectivity index (χ4v) is 2.95. The Morgan fingerprint density at radius 1 is 1.29 bits per heavy atom. The summed E-state index contributed by atoms with van der Waals surface area (Å²) < 4.78 is 43.6. The minimum atomic E-state index is -4.54. The van der Waals surface area contributed by atoms with E-state index in [0.717, 1.165) is 17.5 Å². The molecule has 0 aliphatic carbocycles. The van der Waals surface area contributed by atoms with Crippen molar-refractivity contribution in [1.29, 1.82) is 0 Å². The fourth-order valence-electron chi connectivity index (χ4n) is 2.74. The molecule has 0 bridgehead atoms. The first-order chi connectivity index (χ1) is 14.5. The second-order valence-electron chi connectivity index (χ2n) is 7.15. The third-order valence-corrected chi connectivity index (χ3v) is 5.19. The van der Waals surface area contributed by atoms with Gasteiger partial charge in [-0.25, -0.2) is 4.98 Å². The number of halogens is 4. The standard InChI is InChI=1S/C21H25ClF3N3O3/c1-6-18-16(19(29)11(2)12(3)28-18)7-8-27-31-14(5)13(4)30-20-17(22)9-15(10-26-20)21(23,24)25/h8-10,13-14H,6-7H2,1-5H3,(H,28,29). The molecule has 2 aromatic rings. The van der Waals surface area contributed by atoms with E-state index >= 15 is 0 Å². The van der Waals surface area contributed by atoms with Gasteiger partial charge in [0.05, 0.1) is 5.56 Å².